The van der Waals surface area contributed by atoms with E-state index in [1.807, 2.05) is 0 Å². The van der Waals surface area contributed by atoms with Crippen LogP contribution in [0.2, 0.25) is 0 Å². The first-order valence-corrected chi connectivity index (χ1v) is 4.13. The number of hydrogen-bond donors (Lipinski definition) is 5. The third-order valence-corrected chi connectivity index (χ3v) is 2.94. The first-order chi connectivity index (χ1) is 6.04. The molecular formula is C7H13NO5. The van der Waals surface area contributed by atoms with Crippen molar-refractivity contribution in [2.75, 3.05) is 6.61 Å². The minimum absolute atomic E-state index is 0.406. The minimum Gasteiger partial charge on any atom is -0.393 e. The molecular weight excluding hydrogens is 178 g/mol. The fraction of sp³-hybridized carbons (Fsp3) is 1.00. The van der Waals surface area contributed by atoms with E-state index < -0.39 is 42.7 Å². The van der Waals surface area contributed by atoms with Gasteiger partial charge in [-0.05, 0) is 0 Å². The highest BCUT2D eigenvalue weighted by atomic mass is 16.6. The number of aliphatic hydroxyl groups excluding tert-OH is 4. The summed E-state index contributed by atoms with van der Waals surface area (Å²) in [5.41, 5.74) is 4.36. The van der Waals surface area contributed by atoms with E-state index in [0.29, 0.717) is 0 Å². The molecule has 1 saturated carbocycles. The largest absolute Gasteiger partial charge is 0.393 e. The Kier molecular flexibility index (Phi) is 1.88. The van der Waals surface area contributed by atoms with E-state index in [0.717, 1.165) is 0 Å². The molecule has 0 aromatic rings. The molecule has 6 nitrogen and oxygen atoms in total. The van der Waals surface area contributed by atoms with E-state index in [2.05, 4.69) is 0 Å². The number of fused-ring (bicyclic) bond motifs is 1. The molecule has 0 aromatic carbocycles. The molecule has 76 valence electrons. The van der Waals surface area contributed by atoms with E-state index in [-0.39, 0.29) is 0 Å². The van der Waals surface area contributed by atoms with Crippen LogP contribution in [-0.2, 0) is 4.74 Å². The number of aliphatic hydroxyl groups is 4. The smallest absolute Gasteiger partial charge is 0.148 e. The molecule has 0 bridgehead atoms. The maximum Gasteiger partial charge on any atom is 0.148 e. The lowest BCUT2D eigenvalue weighted by atomic mass is 9.80. The summed E-state index contributed by atoms with van der Waals surface area (Å²) in [6.07, 6.45) is -4.41. The molecule has 2 aliphatic rings. The summed E-state index contributed by atoms with van der Waals surface area (Å²) in [6, 6.07) is -0.759. The molecule has 1 aliphatic heterocycles. The molecule has 1 heterocycles. The topological polar surface area (TPSA) is 119 Å². The highest BCUT2D eigenvalue weighted by Gasteiger charge is 2.70. The minimum atomic E-state index is -1.36. The summed E-state index contributed by atoms with van der Waals surface area (Å²) in [5.74, 6) is 0. The van der Waals surface area contributed by atoms with Gasteiger partial charge in [0.25, 0.3) is 0 Å². The van der Waals surface area contributed by atoms with Gasteiger partial charge in [-0.15, -0.1) is 0 Å². The summed E-state index contributed by atoms with van der Waals surface area (Å²) in [6.45, 7) is -0.406. The van der Waals surface area contributed by atoms with Crippen molar-refractivity contribution in [1.82, 2.24) is 0 Å². The van der Waals surface area contributed by atoms with Crippen molar-refractivity contribution < 1.29 is 25.2 Å². The Bertz CT molecular complexity index is 225. The van der Waals surface area contributed by atoms with Gasteiger partial charge in [-0.2, -0.15) is 0 Å². The Balaban J connectivity index is 2.22. The van der Waals surface area contributed by atoms with E-state index >= 15 is 0 Å². The number of rotatable bonds is 1. The predicted octanol–water partition coefficient (Wildman–Crippen LogP) is -3.46. The molecule has 0 aromatic heterocycles. The number of ether oxygens (including phenoxy) is 1. The molecule has 0 unspecified atom stereocenters. The summed E-state index contributed by atoms with van der Waals surface area (Å²) in [7, 11) is 0. The third kappa shape index (κ3) is 0.983. The van der Waals surface area contributed by atoms with Crippen molar-refractivity contribution in [3.05, 3.63) is 0 Å². The molecule has 1 saturated heterocycles. The molecule has 6 heteroatoms. The SMILES string of the molecule is N[C@@H]1[C@H](O)[C@@H](O)[C@H](O)[C@]2(CO)O[C@H]12. The van der Waals surface area contributed by atoms with Gasteiger partial charge in [0.15, 0.2) is 0 Å². The summed E-state index contributed by atoms with van der Waals surface area (Å²) in [5, 5.41) is 37.1. The fourth-order valence-corrected chi connectivity index (χ4v) is 1.95. The lowest BCUT2D eigenvalue weighted by Gasteiger charge is -2.34. The van der Waals surface area contributed by atoms with Crippen LogP contribution in [-0.4, -0.2) is 63.1 Å². The Morgan fingerprint density at radius 2 is 1.85 bits per heavy atom. The van der Waals surface area contributed by atoms with Crippen molar-refractivity contribution in [2.45, 2.75) is 36.1 Å². The Morgan fingerprint density at radius 3 is 2.38 bits per heavy atom. The molecule has 0 radical (unpaired) electrons. The highest BCUT2D eigenvalue weighted by Crippen LogP contribution is 2.47. The van der Waals surface area contributed by atoms with Crippen LogP contribution in [0.1, 0.15) is 0 Å². The molecule has 0 amide bonds. The number of epoxide rings is 1. The Hall–Kier alpha value is -0.240. The standard InChI is InChI=1S/C7H13NO5/c8-2-3(10)4(11)5(12)7(1-9)6(2)13-7/h2-6,9-12H,1,8H2/t2-,3+,4-,5+,6-,7+/m1/s1. The van der Waals surface area contributed by atoms with Crippen LogP contribution in [0.5, 0.6) is 0 Å². The number of nitrogens with two attached hydrogens (primary N) is 1. The van der Waals surface area contributed by atoms with Gasteiger partial charge in [-0.25, -0.2) is 0 Å². The van der Waals surface area contributed by atoms with Gasteiger partial charge < -0.3 is 30.9 Å². The normalized spacial score (nSPS) is 60.2. The quantitative estimate of drug-likeness (QED) is 0.275. The van der Waals surface area contributed by atoms with Crippen LogP contribution in [0, 0.1) is 0 Å². The van der Waals surface area contributed by atoms with Crippen LogP contribution in [0.3, 0.4) is 0 Å². The second-order valence-corrected chi connectivity index (χ2v) is 3.65. The van der Waals surface area contributed by atoms with Gasteiger partial charge in [0.2, 0.25) is 0 Å². The highest BCUT2D eigenvalue weighted by molar-refractivity contribution is 5.20. The monoisotopic (exact) mass is 191 g/mol. The lowest BCUT2D eigenvalue weighted by Crippen LogP contribution is -2.62. The van der Waals surface area contributed by atoms with Crippen molar-refractivity contribution in [3.8, 4) is 0 Å². The van der Waals surface area contributed by atoms with Crippen molar-refractivity contribution in [1.29, 1.82) is 0 Å². The molecule has 0 spiro atoms. The number of hydrogen-bond acceptors (Lipinski definition) is 6. The van der Waals surface area contributed by atoms with Crippen LogP contribution in [0.4, 0.5) is 0 Å². The van der Waals surface area contributed by atoms with Crippen LogP contribution in [0.15, 0.2) is 0 Å². The summed E-state index contributed by atoms with van der Waals surface area (Å²) in [4.78, 5) is 0. The maximum absolute atomic E-state index is 9.48. The van der Waals surface area contributed by atoms with Gasteiger partial charge >= 0.3 is 0 Å². The van der Waals surface area contributed by atoms with Gasteiger partial charge in [0.05, 0.1) is 12.6 Å². The van der Waals surface area contributed by atoms with Crippen LogP contribution < -0.4 is 5.73 Å². The van der Waals surface area contributed by atoms with Gasteiger partial charge in [0.1, 0.15) is 30.0 Å². The predicted molar refractivity (Wildman–Crippen MR) is 40.7 cm³/mol. The maximum atomic E-state index is 9.48. The zero-order chi connectivity index (χ0) is 9.80. The van der Waals surface area contributed by atoms with Gasteiger partial charge in [-0.3, -0.25) is 0 Å². The van der Waals surface area contributed by atoms with E-state index in [1.165, 1.54) is 0 Å². The Labute approximate surface area is 74.5 Å². The molecule has 6 N–H and O–H groups in total. The van der Waals surface area contributed by atoms with Crippen LogP contribution in [0.25, 0.3) is 0 Å². The second kappa shape index (κ2) is 2.63. The van der Waals surface area contributed by atoms with Crippen molar-refractivity contribution in [2.24, 2.45) is 5.73 Å². The van der Waals surface area contributed by atoms with E-state index in [9.17, 15) is 15.3 Å². The van der Waals surface area contributed by atoms with Crippen molar-refractivity contribution >= 4 is 0 Å². The average molecular weight is 191 g/mol. The van der Waals surface area contributed by atoms with E-state index in [4.69, 9.17) is 15.6 Å². The fourth-order valence-electron chi connectivity index (χ4n) is 1.95. The molecule has 13 heavy (non-hydrogen) atoms. The lowest BCUT2D eigenvalue weighted by molar-refractivity contribution is -0.111. The zero-order valence-electron chi connectivity index (χ0n) is 6.87. The first kappa shape index (κ1) is 9.32. The average Bonchev–Trinajstić information content (AvgIpc) is 2.87. The first-order valence-electron chi connectivity index (χ1n) is 4.13. The second-order valence-electron chi connectivity index (χ2n) is 3.65. The molecule has 2 rings (SSSR count). The molecule has 6 atom stereocenters. The molecule has 1 aliphatic carbocycles. The summed E-state index contributed by atoms with van der Waals surface area (Å²) >= 11 is 0. The van der Waals surface area contributed by atoms with Gasteiger partial charge in [-0.1, -0.05) is 0 Å². The summed E-state index contributed by atoms with van der Waals surface area (Å²) < 4.78 is 5.03. The molecule has 2 fully saturated rings. The zero-order valence-corrected chi connectivity index (χ0v) is 6.87. The van der Waals surface area contributed by atoms with Gasteiger partial charge in [0, 0.05) is 0 Å². The van der Waals surface area contributed by atoms with E-state index in [1.54, 1.807) is 0 Å². The Morgan fingerprint density at radius 1 is 1.23 bits per heavy atom. The third-order valence-electron chi connectivity index (χ3n) is 2.94. The van der Waals surface area contributed by atoms with Crippen molar-refractivity contribution in [3.63, 3.8) is 0 Å². The van der Waals surface area contributed by atoms with Crippen LogP contribution >= 0.6 is 0 Å².